The van der Waals surface area contributed by atoms with Gasteiger partial charge in [0.05, 0.1) is 16.8 Å². The average Bonchev–Trinajstić information content (AvgIpc) is 3.42. The lowest BCUT2D eigenvalue weighted by Crippen LogP contribution is -2.34. The van der Waals surface area contributed by atoms with E-state index >= 15 is 0 Å². The number of thioether (sulfide) groups is 1. The Morgan fingerprint density at radius 3 is 2.84 bits per heavy atom. The van der Waals surface area contributed by atoms with E-state index in [9.17, 15) is 9.18 Å². The molecule has 31 heavy (non-hydrogen) atoms. The van der Waals surface area contributed by atoms with Gasteiger partial charge in [-0.25, -0.2) is 9.37 Å². The van der Waals surface area contributed by atoms with Gasteiger partial charge in [-0.1, -0.05) is 22.9 Å². The standard InChI is InChI=1S/C22H20ClFN4OS2/c23-16-4-7-18(8-5-16)30-14-1-3-21(29)28(13-12-27-11-2-10-25-27)22-26-19-9-6-17(24)15-20(19)31-22/h2,4-11,15H,1,3,12-14H2. The Morgan fingerprint density at radius 1 is 1.23 bits per heavy atom. The zero-order valence-corrected chi connectivity index (χ0v) is 19.0. The molecule has 0 radical (unpaired) electrons. The molecule has 0 aliphatic heterocycles. The number of benzene rings is 2. The van der Waals surface area contributed by atoms with Gasteiger partial charge in [-0.2, -0.15) is 5.10 Å². The van der Waals surface area contributed by atoms with Crippen LogP contribution in [-0.4, -0.2) is 33.0 Å². The number of nitrogens with zero attached hydrogens (tertiary/aromatic N) is 4. The molecule has 4 aromatic rings. The van der Waals surface area contributed by atoms with Crippen LogP contribution in [0.1, 0.15) is 12.8 Å². The van der Waals surface area contributed by atoms with Crippen molar-refractivity contribution < 1.29 is 9.18 Å². The van der Waals surface area contributed by atoms with Crippen molar-refractivity contribution in [2.75, 3.05) is 17.2 Å². The first kappa shape index (κ1) is 21.8. The first-order chi connectivity index (χ1) is 15.1. The SMILES string of the molecule is O=C(CCCSc1ccc(Cl)cc1)N(CCn1cccn1)c1nc2ccc(F)cc2s1. The third kappa shape index (κ3) is 5.84. The minimum Gasteiger partial charge on any atom is -0.286 e. The normalized spacial score (nSPS) is 11.2. The minimum absolute atomic E-state index is 0.00314. The van der Waals surface area contributed by atoms with E-state index < -0.39 is 0 Å². The summed E-state index contributed by atoms with van der Waals surface area (Å²) in [7, 11) is 0. The summed E-state index contributed by atoms with van der Waals surface area (Å²) < 4.78 is 16.1. The largest absolute Gasteiger partial charge is 0.286 e. The number of rotatable bonds is 9. The van der Waals surface area contributed by atoms with Crippen molar-refractivity contribution in [1.82, 2.24) is 14.8 Å². The maximum atomic E-state index is 13.6. The molecule has 0 bridgehead atoms. The Bertz CT molecular complexity index is 1150. The molecule has 2 aromatic heterocycles. The third-order valence-electron chi connectivity index (χ3n) is 4.60. The number of fused-ring (bicyclic) bond motifs is 1. The molecule has 4 rings (SSSR count). The summed E-state index contributed by atoms with van der Waals surface area (Å²) in [6.45, 7) is 1.01. The zero-order valence-electron chi connectivity index (χ0n) is 16.6. The quantitative estimate of drug-likeness (QED) is 0.224. The van der Waals surface area contributed by atoms with Gasteiger partial charge in [0, 0.05) is 35.3 Å². The van der Waals surface area contributed by atoms with E-state index in [0.717, 1.165) is 21.8 Å². The number of aromatic nitrogens is 3. The van der Waals surface area contributed by atoms with Crippen LogP contribution < -0.4 is 4.90 Å². The van der Waals surface area contributed by atoms with Crippen molar-refractivity contribution in [2.24, 2.45) is 0 Å². The Balaban J connectivity index is 1.42. The molecule has 0 N–H and O–H groups in total. The molecule has 0 fully saturated rings. The second-order valence-electron chi connectivity index (χ2n) is 6.83. The molecule has 2 aromatic carbocycles. The van der Waals surface area contributed by atoms with Crippen LogP contribution >= 0.6 is 34.7 Å². The van der Waals surface area contributed by atoms with Gasteiger partial charge < -0.3 is 0 Å². The number of halogens is 2. The molecular formula is C22H20ClFN4OS2. The highest BCUT2D eigenvalue weighted by Gasteiger charge is 2.20. The molecule has 0 saturated heterocycles. The molecule has 1 amide bonds. The van der Waals surface area contributed by atoms with Crippen molar-refractivity contribution in [1.29, 1.82) is 0 Å². The van der Waals surface area contributed by atoms with Crippen molar-refractivity contribution >= 4 is 56.0 Å². The Hall–Kier alpha value is -2.42. The van der Waals surface area contributed by atoms with Crippen molar-refractivity contribution in [3.63, 3.8) is 0 Å². The third-order valence-corrected chi connectivity index (χ3v) is 6.99. The smallest absolute Gasteiger partial charge is 0.228 e. The van der Waals surface area contributed by atoms with Crippen LogP contribution in [0, 0.1) is 5.82 Å². The number of carbonyl (C=O) groups excluding carboxylic acids is 1. The topological polar surface area (TPSA) is 51.0 Å². The fraction of sp³-hybridized carbons (Fsp3) is 0.227. The van der Waals surface area contributed by atoms with Gasteiger partial charge in [0.2, 0.25) is 5.91 Å². The number of hydrogen-bond donors (Lipinski definition) is 0. The predicted molar refractivity (Wildman–Crippen MR) is 126 cm³/mol. The summed E-state index contributed by atoms with van der Waals surface area (Å²) >= 11 is 8.95. The zero-order chi connectivity index (χ0) is 21.6. The van der Waals surface area contributed by atoms with Crippen LogP contribution in [0.4, 0.5) is 9.52 Å². The predicted octanol–water partition coefficient (Wildman–Crippen LogP) is 5.89. The van der Waals surface area contributed by atoms with Gasteiger partial charge >= 0.3 is 0 Å². The first-order valence-corrected chi connectivity index (χ1v) is 12.0. The fourth-order valence-corrected chi connectivity index (χ4v) is 5.06. The summed E-state index contributed by atoms with van der Waals surface area (Å²) in [5.74, 6) is 0.519. The number of amides is 1. The van der Waals surface area contributed by atoms with E-state index in [1.807, 2.05) is 36.5 Å². The summed E-state index contributed by atoms with van der Waals surface area (Å²) in [5, 5.41) is 5.51. The molecule has 0 unspecified atom stereocenters. The molecule has 5 nitrogen and oxygen atoms in total. The molecule has 160 valence electrons. The molecule has 0 atom stereocenters. The van der Waals surface area contributed by atoms with Gasteiger partial charge in [0.1, 0.15) is 5.82 Å². The van der Waals surface area contributed by atoms with Gasteiger partial charge in [0.25, 0.3) is 0 Å². The lowest BCUT2D eigenvalue weighted by atomic mass is 10.3. The second-order valence-corrected chi connectivity index (χ2v) is 9.44. The van der Waals surface area contributed by atoms with E-state index in [4.69, 9.17) is 11.6 Å². The van der Waals surface area contributed by atoms with Gasteiger partial charge in [-0.3, -0.25) is 14.4 Å². The van der Waals surface area contributed by atoms with Crippen molar-refractivity contribution in [2.45, 2.75) is 24.3 Å². The lowest BCUT2D eigenvalue weighted by Gasteiger charge is -2.20. The molecule has 2 heterocycles. The number of thiazole rings is 1. The van der Waals surface area contributed by atoms with Crippen molar-refractivity contribution in [3.8, 4) is 0 Å². The molecule has 0 aliphatic rings. The van der Waals surface area contributed by atoms with Crippen molar-refractivity contribution in [3.05, 3.63) is 71.8 Å². The monoisotopic (exact) mass is 474 g/mol. The molecule has 0 spiro atoms. The van der Waals surface area contributed by atoms with Crippen LogP contribution in [0.5, 0.6) is 0 Å². The molecule has 0 saturated carbocycles. The van der Waals surface area contributed by atoms with E-state index in [1.165, 1.54) is 23.5 Å². The van der Waals surface area contributed by atoms with E-state index in [-0.39, 0.29) is 11.7 Å². The van der Waals surface area contributed by atoms with Crippen LogP contribution in [0.2, 0.25) is 5.02 Å². The average molecular weight is 475 g/mol. The van der Waals surface area contributed by atoms with Gasteiger partial charge in [-0.05, 0) is 60.7 Å². The summed E-state index contributed by atoms with van der Waals surface area (Å²) in [6, 6.07) is 14.0. The summed E-state index contributed by atoms with van der Waals surface area (Å²) in [5.41, 5.74) is 0.691. The highest BCUT2D eigenvalue weighted by atomic mass is 35.5. The summed E-state index contributed by atoms with van der Waals surface area (Å²) in [6.07, 6.45) is 4.72. The highest BCUT2D eigenvalue weighted by Crippen LogP contribution is 2.30. The first-order valence-electron chi connectivity index (χ1n) is 9.81. The van der Waals surface area contributed by atoms with E-state index in [1.54, 1.807) is 33.6 Å². The van der Waals surface area contributed by atoms with Crippen LogP contribution in [-0.2, 0) is 11.3 Å². The Kier molecular flexibility index (Phi) is 7.21. The maximum Gasteiger partial charge on any atom is 0.228 e. The van der Waals surface area contributed by atoms with E-state index in [2.05, 4.69) is 10.1 Å². The number of carbonyl (C=O) groups is 1. The number of hydrogen-bond acceptors (Lipinski definition) is 5. The van der Waals surface area contributed by atoms with Gasteiger partial charge in [0.15, 0.2) is 5.13 Å². The van der Waals surface area contributed by atoms with E-state index in [0.29, 0.717) is 35.2 Å². The van der Waals surface area contributed by atoms with Crippen LogP contribution in [0.25, 0.3) is 10.2 Å². The Labute approximate surface area is 192 Å². The molecule has 9 heteroatoms. The van der Waals surface area contributed by atoms with Crippen LogP contribution in [0.15, 0.2) is 65.8 Å². The number of anilines is 1. The van der Waals surface area contributed by atoms with Gasteiger partial charge in [-0.15, -0.1) is 11.8 Å². The molecule has 0 aliphatic carbocycles. The lowest BCUT2D eigenvalue weighted by molar-refractivity contribution is -0.118. The summed E-state index contributed by atoms with van der Waals surface area (Å²) in [4.78, 5) is 20.5. The molecular weight excluding hydrogens is 455 g/mol. The van der Waals surface area contributed by atoms with Crippen LogP contribution in [0.3, 0.4) is 0 Å². The fourth-order valence-electron chi connectivity index (χ4n) is 3.04. The minimum atomic E-state index is -0.309. The Morgan fingerprint density at radius 2 is 2.06 bits per heavy atom. The maximum absolute atomic E-state index is 13.6. The second kappa shape index (κ2) is 10.3. The highest BCUT2D eigenvalue weighted by molar-refractivity contribution is 7.99.